The number of para-hydroxylation sites is 1. The fraction of sp³-hybridized carbons (Fsp3) is 0.125. The molecule has 0 aliphatic carbocycles. The molecule has 0 saturated carbocycles. The Balaban J connectivity index is 1.76. The molecule has 0 unspecified atom stereocenters. The average molecular weight is 417 g/mol. The third-order valence-corrected chi connectivity index (χ3v) is 5.30. The van der Waals surface area contributed by atoms with Gasteiger partial charge in [0.2, 0.25) is 5.82 Å². The lowest BCUT2D eigenvalue weighted by atomic mass is 10.1. The van der Waals surface area contributed by atoms with Crippen molar-refractivity contribution >= 4 is 23.2 Å². The first-order valence-electron chi connectivity index (χ1n) is 9.60. The maximum Gasteiger partial charge on any atom is 0.295 e. The van der Waals surface area contributed by atoms with E-state index in [1.807, 2.05) is 75.4 Å². The van der Waals surface area contributed by atoms with Gasteiger partial charge in [-0.3, -0.25) is 4.79 Å². The van der Waals surface area contributed by atoms with Crippen LogP contribution in [0, 0.1) is 20.8 Å². The minimum atomic E-state index is -0.393. The number of halogens is 1. The highest BCUT2D eigenvalue weighted by Crippen LogP contribution is 2.24. The average Bonchev–Trinajstić information content (AvgIpc) is 3.17. The van der Waals surface area contributed by atoms with Crippen molar-refractivity contribution in [2.45, 2.75) is 20.8 Å². The fourth-order valence-electron chi connectivity index (χ4n) is 3.12. The number of anilines is 1. The van der Waals surface area contributed by atoms with Gasteiger partial charge in [-0.25, -0.2) is 9.67 Å². The van der Waals surface area contributed by atoms with Crippen LogP contribution in [0.5, 0.6) is 0 Å². The van der Waals surface area contributed by atoms with E-state index in [0.29, 0.717) is 16.5 Å². The maximum absolute atomic E-state index is 12.9. The zero-order valence-corrected chi connectivity index (χ0v) is 17.7. The lowest BCUT2D eigenvalue weighted by Gasteiger charge is -2.09. The van der Waals surface area contributed by atoms with E-state index in [0.717, 1.165) is 27.9 Å². The number of hydrogen-bond donors (Lipinski definition) is 1. The smallest absolute Gasteiger partial charge is 0.295 e. The van der Waals surface area contributed by atoms with Gasteiger partial charge in [0.25, 0.3) is 5.91 Å². The van der Waals surface area contributed by atoms with E-state index in [2.05, 4.69) is 15.4 Å². The van der Waals surface area contributed by atoms with Crippen LogP contribution in [0.3, 0.4) is 0 Å². The van der Waals surface area contributed by atoms with E-state index in [1.165, 1.54) is 0 Å². The zero-order valence-electron chi connectivity index (χ0n) is 17.0. The quantitative estimate of drug-likeness (QED) is 0.459. The molecule has 0 aliphatic heterocycles. The Hall–Kier alpha value is -3.44. The highest BCUT2D eigenvalue weighted by molar-refractivity contribution is 6.31. The molecule has 0 aliphatic rings. The largest absolute Gasteiger partial charge is 0.319 e. The number of benzene rings is 3. The van der Waals surface area contributed by atoms with E-state index >= 15 is 0 Å². The van der Waals surface area contributed by atoms with Crippen LogP contribution in [-0.2, 0) is 0 Å². The molecule has 1 heterocycles. The lowest BCUT2D eigenvalue weighted by Crippen LogP contribution is -2.14. The summed E-state index contributed by atoms with van der Waals surface area (Å²) in [7, 11) is 0. The summed E-state index contributed by atoms with van der Waals surface area (Å²) < 4.78 is 1.72. The van der Waals surface area contributed by atoms with E-state index in [1.54, 1.807) is 16.8 Å². The highest BCUT2D eigenvalue weighted by atomic mass is 35.5. The molecule has 6 heteroatoms. The van der Waals surface area contributed by atoms with Gasteiger partial charge in [-0.15, -0.1) is 5.10 Å². The second kappa shape index (κ2) is 8.13. The van der Waals surface area contributed by atoms with Crippen LogP contribution in [0.2, 0.25) is 5.02 Å². The summed E-state index contributed by atoms with van der Waals surface area (Å²) in [4.78, 5) is 17.5. The van der Waals surface area contributed by atoms with E-state index in [4.69, 9.17) is 11.6 Å². The van der Waals surface area contributed by atoms with E-state index in [-0.39, 0.29) is 5.82 Å². The molecule has 0 fully saturated rings. The number of hydrogen-bond acceptors (Lipinski definition) is 3. The van der Waals surface area contributed by atoms with Gasteiger partial charge in [0, 0.05) is 16.3 Å². The van der Waals surface area contributed by atoms with Crippen molar-refractivity contribution in [3.63, 3.8) is 0 Å². The number of carbonyl (C=O) groups excluding carboxylic acids is 1. The molecule has 4 rings (SSSR count). The van der Waals surface area contributed by atoms with Gasteiger partial charge in [-0.05, 0) is 50.1 Å². The molecule has 0 spiro atoms. The molecule has 5 nitrogen and oxygen atoms in total. The molecular weight excluding hydrogens is 396 g/mol. The first kappa shape index (κ1) is 19.9. The van der Waals surface area contributed by atoms with Gasteiger partial charge in [-0.1, -0.05) is 65.7 Å². The monoisotopic (exact) mass is 416 g/mol. The van der Waals surface area contributed by atoms with Gasteiger partial charge < -0.3 is 5.32 Å². The summed E-state index contributed by atoms with van der Waals surface area (Å²) in [6.07, 6.45) is 0. The van der Waals surface area contributed by atoms with Crippen molar-refractivity contribution in [2.75, 3.05) is 5.32 Å². The predicted octanol–water partition coefficient (Wildman–Crippen LogP) is 5.77. The lowest BCUT2D eigenvalue weighted by molar-refractivity contribution is 0.101. The van der Waals surface area contributed by atoms with Gasteiger partial charge in [-0.2, -0.15) is 0 Å². The number of nitrogens with zero attached hydrogens (tertiary/aromatic N) is 3. The number of amides is 1. The van der Waals surface area contributed by atoms with Crippen molar-refractivity contribution in [1.82, 2.24) is 14.8 Å². The second-order valence-corrected chi connectivity index (χ2v) is 7.65. The fourth-order valence-corrected chi connectivity index (χ4v) is 3.30. The van der Waals surface area contributed by atoms with Crippen LogP contribution < -0.4 is 5.32 Å². The standard InChI is InChI=1S/C24H21ClN4O/c1-15-8-11-18(12-9-15)23-27-22(28-29(23)21-7-5-4-6-17(21)3)24(30)26-19-13-10-16(2)20(25)14-19/h4-14H,1-3H3,(H,26,30). The maximum atomic E-state index is 12.9. The molecule has 1 amide bonds. The molecule has 0 atom stereocenters. The topological polar surface area (TPSA) is 59.8 Å². The summed E-state index contributed by atoms with van der Waals surface area (Å²) in [5.41, 5.74) is 5.48. The Kier molecular flexibility index (Phi) is 5.38. The van der Waals surface area contributed by atoms with Gasteiger partial charge in [0.1, 0.15) is 0 Å². The summed E-state index contributed by atoms with van der Waals surface area (Å²) in [6, 6.07) is 21.2. The Morgan fingerprint density at radius 2 is 1.67 bits per heavy atom. The Morgan fingerprint density at radius 3 is 2.37 bits per heavy atom. The van der Waals surface area contributed by atoms with E-state index < -0.39 is 5.91 Å². The molecule has 1 N–H and O–H groups in total. The van der Waals surface area contributed by atoms with Crippen molar-refractivity contribution in [3.8, 4) is 17.1 Å². The number of rotatable bonds is 4. The molecule has 30 heavy (non-hydrogen) atoms. The normalized spacial score (nSPS) is 10.8. The van der Waals surface area contributed by atoms with Crippen molar-refractivity contribution in [2.24, 2.45) is 0 Å². The van der Waals surface area contributed by atoms with Crippen LogP contribution in [0.4, 0.5) is 5.69 Å². The number of aromatic nitrogens is 3. The van der Waals surface area contributed by atoms with Crippen LogP contribution in [0.1, 0.15) is 27.3 Å². The minimum absolute atomic E-state index is 0.0884. The predicted molar refractivity (Wildman–Crippen MR) is 120 cm³/mol. The van der Waals surface area contributed by atoms with Crippen molar-refractivity contribution in [3.05, 3.63) is 94.3 Å². The molecular formula is C24H21ClN4O. The Bertz CT molecular complexity index is 1230. The highest BCUT2D eigenvalue weighted by Gasteiger charge is 2.20. The minimum Gasteiger partial charge on any atom is -0.319 e. The van der Waals surface area contributed by atoms with Crippen LogP contribution in [0.25, 0.3) is 17.1 Å². The summed E-state index contributed by atoms with van der Waals surface area (Å²) in [5, 5.41) is 7.96. The van der Waals surface area contributed by atoms with Crippen molar-refractivity contribution in [1.29, 1.82) is 0 Å². The second-order valence-electron chi connectivity index (χ2n) is 7.24. The molecule has 0 radical (unpaired) electrons. The summed E-state index contributed by atoms with van der Waals surface area (Å²) >= 11 is 6.18. The number of aryl methyl sites for hydroxylation is 3. The Labute approximate surface area is 180 Å². The molecule has 1 aromatic heterocycles. The molecule has 150 valence electrons. The molecule has 4 aromatic rings. The van der Waals surface area contributed by atoms with Gasteiger partial charge in [0.15, 0.2) is 5.82 Å². The molecule has 0 saturated heterocycles. The van der Waals surface area contributed by atoms with Gasteiger partial charge in [0.05, 0.1) is 5.69 Å². The van der Waals surface area contributed by atoms with Crippen molar-refractivity contribution < 1.29 is 4.79 Å². The molecule has 3 aromatic carbocycles. The zero-order chi connectivity index (χ0) is 21.3. The van der Waals surface area contributed by atoms with Crippen LogP contribution in [0.15, 0.2) is 66.7 Å². The first-order valence-corrected chi connectivity index (χ1v) is 9.98. The van der Waals surface area contributed by atoms with Gasteiger partial charge >= 0.3 is 0 Å². The van der Waals surface area contributed by atoms with Crippen LogP contribution in [-0.4, -0.2) is 20.7 Å². The third-order valence-electron chi connectivity index (χ3n) is 4.89. The third kappa shape index (κ3) is 3.98. The summed E-state index contributed by atoms with van der Waals surface area (Å²) in [5.74, 6) is 0.303. The Morgan fingerprint density at radius 1 is 0.933 bits per heavy atom. The number of carbonyl (C=O) groups is 1. The van der Waals surface area contributed by atoms with E-state index in [9.17, 15) is 4.79 Å². The summed E-state index contributed by atoms with van der Waals surface area (Å²) in [6.45, 7) is 5.94. The van der Waals surface area contributed by atoms with Crippen LogP contribution >= 0.6 is 11.6 Å². The number of nitrogens with one attached hydrogen (secondary N) is 1. The first-order chi connectivity index (χ1) is 14.4. The molecule has 0 bridgehead atoms. The SMILES string of the molecule is Cc1ccc(-c2nc(C(=O)Nc3ccc(C)c(Cl)c3)nn2-c2ccccc2C)cc1.